The van der Waals surface area contributed by atoms with Crippen molar-refractivity contribution in [2.45, 2.75) is 19.8 Å². The molecule has 2 N–H and O–H groups in total. The van der Waals surface area contributed by atoms with Gasteiger partial charge < -0.3 is 10.6 Å². The Kier molecular flexibility index (Phi) is 4.66. The lowest BCUT2D eigenvalue weighted by Crippen LogP contribution is -2.03. The molecule has 2 aromatic carbocycles. The van der Waals surface area contributed by atoms with E-state index in [4.69, 9.17) is 10.6 Å². The quantitative estimate of drug-likeness (QED) is 0.472. The highest BCUT2D eigenvalue weighted by Gasteiger charge is 2.05. The van der Waals surface area contributed by atoms with Gasteiger partial charge in [-0.25, -0.2) is 0 Å². The lowest BCUT2D eigenvalue weighted by molar-refractivity contribution is 0.318. The van der Waals surface area contributed by atoms with E-state index >= 15 is 0 Å². The van der Waals surface area contributed by atoms with Crippen molar-refractivity contribution in [1.29, 1.82) is 5.41 Å². The van der Waals surface area contributed by atoms with Crippen LogP contribution in [0.4, 0.5) is 0 Å². The van der Waals surface area contributed by atoms with Gasteiger partial charge >= 0.3 is 0 Å². The minimum Gasteiger partial charge on any atom is -0.411 e. The number of hydrogen-bond acceptors (Lipinski definition) is 3. The van der Waals surface area contributed by atoms with E-state index in [-0.39, 0.29) is 0 Å². The summed E-state index contributed by atoms with van der Waals surface area (Å²) in [5.74, 6) is 0. The zero-order chi connectivity index (χ0) is 14.4. The van der Waals surface area contributed by atoms with Crippen LogP contribution in [0.2, 0.25) is 0 Å². The summed E-state index contributed by atoms with van der Waals surface area (Å²) in [4.78, 5) is 0. The molecule has 0 spiro atoms. The first kappa shape index (κ1) is 14.0. The van der Waals surface area contributed by atoms with Gasteiger partial charge in [0.25, 0.3) is 0 Å². The highest BCUT2D eigenvalue weighted by molar-refractivity contribution is 6.02. The van der Waals surface area contributed by atoms with E-state index in [1.54, 1.807) is 6.92 Å². The lowest BCUT2D eigenvalue weighted by atomic mass is 10.00. The molecule has 0 radical (unpaired) electrons. The summed E-state index contributed by atoms with van der Waals surface area (Å²) >= 11 is 0. The van der Waals surface area contributed by atoms with Crippen molar-refractivity contribution in [3.63, 3.8) is 0 Å². The van der Waals surface area contributed by atoms with E-state index in [1.165, 1.54) is 0 Å². The molecule has 2 rings (SSSR count). The number of oxime groups is 1. The fraction of sp³-hybridized carbons (Fsp3) is 0.176. The van der Waals surface area contributed by atoms with Gasteiger partial charge in [-0.3, -0.25) is 0 Å². The first-order chi connectivity index (χ1) is 9.70. The van der Waals surface area contributed by atoms with Crippen LogP contribution in [0.15, 0.2) is 59.8 Å². The van der Waals surface area contributed by atoms with Crippen LogP contribution in [-0.4, -0.2) is 16.6 Å². The Morgan fingerprint density at radius 1 is 0.950 bits per heavy atom. The van der Waals surface area contributed by atoms with E-state index in [9.17, 15) is 0 Å². The van der Waals surface area contributed by atoms with Gasteiger partial charge in [0.05, 0.1) is 5.71 Å². The Morgan fingerprint density at radius 2 is 1.55 bits per heavy atom. The van der Waals surface area contributed by atoms with Crippen molar-refractivity contribution >= 4 is 11.4 Å². The van der Waals surface area contributed by atoms with Crippen molar-refractivity contribution in [3.8, 4) is 11.1 Å². The van der Waals surface area contributed by atoms with Crippen LogP contribution in [0.1, 0.15) is 25.3 Å². The molecule has 0 aliphatic rings. The summed E-state index contributed by atoms with van der Waals surface area (Å²) in [7, 11) is 0. The highest BCUT2D eigenvalue weighted by atomic mass is 16.4. The zero-order valence-electron chi connectivity index (χ0n) is 11.5. The van der Waals surface area contributed by atoms with Gasteiger partial charge in [0.2, 0.25) is 0 Å². The van der Waals surface area contributed by atoms with Crippen LogP contribution in [0.3, 0.4) is 0 Å². The molecule has 0 heterocycles. The van der Waals surface area contributed by atoms with Gasteiger partial charge in [0, 0.05) is 5.71 Å². The van der Waals surface area contributed by atoms with E-state index in [2.05, 4.69) is 17.3 Å². The minimum absolute atomic E-state index is 0.580. The van der Waals surface area contributed by atoms with Crippen LogP contribution in [0.25, 0.3) is 11.1 Å². The van der Waals surface area contributed by atoms with Crippen molar-refractivity contribution < 1.29 is 5.21 Å². The Balaban J connectivity index is 2.17. The maximum atomic E-state index is 9.10. The summed E-state index contributed by atoms with van der Waals surface area (Å²) in [6.07, 6.45) is 1.19. The number of nitrogens with one attached hydrogen (secondary N) is 1. The summed E-state index contributed by atoms with van der Waals surface area (Å²) in [5, 5.41) is 19.9. The van der Waals surface area contributed by atoms with Crippen LogP contribution < -0.4 is 0 Å². The van der Waals surface area contributed by atoms with Gasteiger partial charge in [0.1, 0.15) is 0 Å². The normalized spacial score (nSPS) is 11.3. The maximum absolute atomic E-state index is 9.10. The molecule has 0 unspecified atom stereocenters. The predicted octanol–water partition coefficient (Wildman–Crippen LogP) is 4.35. The van der Waals surface area contributed by atoms with E-state index in [1.807, 2.05) is 42.5 Å². The fourth-order valence-corrected chi connectivity index (χ4v) is 2.04. The molecule has 102 valence electrons. The third-order valence-electron chi connectivity index (χ3n) is 3.18. The number of nitrogens with zero attached hydrogens (tertiary/aromatic N) is 1. The number of benzene rings is 2. The topological polar surface area (TPSA) is 56.4 Å². The van der Waals surface area contributed by atoms with Crippen molar-refractivity contribution in [2.24, 2.45) is 5.16 Å². The van der Waals surface area contributed by atoms with Gasteiger partial charge in [-0.15, -0.1) is 0 Å². The van der Waals surface area contributed by atoms with Crippen molar-refractivity contribution in [1.82, 2.24) is 0 Å². The molecule has 0 aliphatic carbocycles. The first-order valence-electron chi connectivity index (χ1n) is 6.61. The molecule has 0 saturated heterocycles. The Hall–Kier alpha value is -2.42. The third-order valence-corrected chi connectivity index (χ3v) is 3.18. The molecule has 2 aromatic rings. The van der Waals surface area contributed by atoms with Crippen LogP contribution in [-0.2, 0) is 0 Å². The molecule has 3 nitrogen and oxygen atoms in total. The fourth-order valence-electron chi connectivity index (χ4n) is 2.04. The molecule has 0 fully saturated rings. The smallest absolute Gasteiger partial charge is 0.0871 e. The number of hydrogen-bond donors (Lipinski definition) is 2. The van der Waals surface area contributed by atoms with Gasteiger partial charge in [-0.2, -0.15) is 0 Å². The molecule has 0 atom stereocenters. The Morgan fingerprint density at radius 3 is 2.10 bits per heavy atom. The molecule has 0 amide bonds. The van der Waals surface area contributed by atoms with E-state index in [0.717, 1.165) is 16.7 Å². The van der Waals surface area contributed by atoms with Gasteiger partial charge in [-0.1, -0.05) is 59.8 Å². The predicted molar refractivity (Wildman–Crippen MR) is 82.8 cm³/mol. The summed E-state index contributed by atoms with van der Waals surface area (Å²) < 4.78 is 0. The average Bonchev–Trinajstić information content (AvgIpc) is 2.49. The third kappa shape index (κ3) is 3.54. The van der Waals surface area contributed by atoms with Crippen LogP contribution in [0.5, 0.6) is 0 Å². The summed E-state index contributed by atoms with van der Waals surface area (Å²) in [6.45, 7) is 1.76. The second-order valence-corrected chi connectivity index (χ2v) is 4.77. The standard InChI is InChI=1S/C17H18N2O/c1-13(18)7-12-17(19-20)16-10-8-15(9-11-16)14-5-3-2-4-6-14/h2-6,8-11,18,20H,7,12H2,1H3/b18-13?,19-17-. The maximum Gasteiger partial charge on any atom is 0.0871 e. The lowest BCUT2D eigenvalue weighted by Gasteiger charge is -2.06. The molecule has 0 aromatic heterocycles. The second-order valence-electron chi connectivity index (χ2n) is 4.77. The van der Waals surface area contributed by atoms with Crippen LogP contribution >= 0.6 is 0 Å². The molecule has 20 heavy (non-hydrogen) atoms. The first-order valence-corrected chi connectivity index (χ1v) is 6.61. The van der Waals surface area contributed by atoms with Crippen LogP contribution in [0, 0.1) is 5.41 Å². The molecular weight excluding hydrogens is 248 g/mol. The van der Waals surface area contributed by atoms with Gasteiger partial charge in [-0.05, 0) is 36.5 Å². The molecular formula is C17H18N2O. The largest absolute Gasteiger partial charge is 0.411 e. The number of rotatable bonds is 5. The Bertz CT molecular complexity index is 601. The Labute approximate surface area is 119 Å². The molecule has 3 heteroatoms. The van der Waals surface area contributed by atoms with Crippen molar-refractivity contribution in [2.75, 3.05) is 0 Å². The minimum atomic E-state index is 0.580. The van der Waals surface area contributed by atoms with Gasteiger partial charge in [0.15, 0.2) is 0 Å². The summed E-state index contributed by atoms with van der Waals surface area (Å²) in [6, 6.07) is 18.1. The zero-order valence-corrected chi connectivity index (χ0v) is 11.5. The SMILES string of the molecule is CC(=N)CC/C(=N/O)c1ccc(-c2ccccc2)cc1. The molecule has 0 bridgehead atoms. The van der Waals surface area contributed by atoms with E-state index in [0.29, 0.717) is 24.3 Å². The van der Waals surface area contributed by atoms with Crippen molar-refractivity contribution in [3.05, 3.63) is 60.2 Å². The second kappa shape index (κ2) is 6.66. The van der Waals surface area contributed by atoms with E-state index < -0.39 is 0 Å². The summed E-state index contributed by atoms with van der Waals surface area (Å²) in [5.41, 5.74) is 4.41. The molecule has 0 saturated carbocycles. The average molecular weight is 266 g/mol. The molecule has 0 aliphatic heterocycles. The highest BCUT2D eigenvalue weighted by Crippen LogP contribution is 2.20. The monoisotopic (exact) mass is 266 g/mol.